The Balaban J connectivity index is 2.59. The minimum absolute atomic E-state index is 0.0891. The van der Waals surface area contributed by atoms with Gasteiger partial charge in [-0.1, -0.05) is 0 Å². The number of H-pyrrole nitrogens is 1. The third-order valence-electron chi connectivity index (χ3n) is 2.97. The molecule has 1 aromatic rings. The van der Waals surface area contributed by atoms with Crippen LogP contribution in [0.1, 0.15) is 32.9 Å². The van der Waals surface area contributed by atoms with E-state index < -0.39 is 30.2 Å². The molecule has 1 aromatic heterocycles. The lowest BCUT2D eigenvalue weighted by atomic mass is 9.98. The fourth-order valence-electron chi connectivity index (χ4n) is 1.67. The summed E-state index contributed by atoms with van der Waals surface area (Å²) >= 11 is 0. The molecule has 1 amide bonds. The predicted octanol–water partition coefficient (Wildman–Crippen LogP) is -0.124. The van der Waals surface area contributed by atoms with E-state index in [1.807, 2.05) is 0 Å². The number of esters is 2. The second kappa shape index (κ2) is 9.02. The van der Waals surface area contributed by atoms with Gasteiger partial charge in [0.2, 0.25) is 12.7 Å². The van der Waals surface area contributed by atoms with Crippen LogP contribution >= 0.6 is 0 Å². The van der Waals surface area contributed by atoms with Crippen molar-refractivity contribution in [2.24, 2.45) is 11.1 Å². The van der Waals surface area contributed by atoms with Crippen molar-refractivity contribution in [3.63, 3.8) is 0 Å². The van der Waals surface area contributed by atoms with E-state index in [0.29, 0.717) is 5.69 Å². The molecule has 1 heterocycles. The highest BCUT2D eigenvalue weighted by atomic mass is 16.7. The summed E-state index contributed by atoms with van der Waals surface area (Å²) < 4.78 is 9.82. The van der Waals surface area contributed by atoms with E-state index in [1.54, 1.807) is 20.8 Å². The summed E-state index contributed by atoms with van der Waals surface area (Å²) in [4.78, 5) is 42.2. The average molecular weight is 340 g/mol. The molecule has 134 valence electrons. The number of carbonyl (C=O) groups is 3. The number of ether oxygens (including phenoxy) is 2. The van der Waals surface area contributed by atoms with E-state index in [1.165, 1.54) is 12.5 Å². The molecule has 9 heteroatoms. The second-order valence-corrected chi connectivity index (χ2v) is 6.20. The van der Waals surface area contributed by atoms with Crippen molar-refractivity contribution in [1.82, 2.24) is 15.3 Å². The van der Waals surface area contributed by atoms with E-state index in [4.69, 9.17) is 15.2 Å². The Hall–Kier alpha value is -2.42. The zero-order chi connectivity index (χ0) is 18.2. The third-order valence-corrected chi connectivity index (χ3v) is 2.97. The summed E-state index contributed by atoms with van der Waals surface area (Å²) in [6, 6.07) is -0.933. The van der Waals surface area contributed by atoms with E-state index in [9.17, 15) is 14.4 Å². The van der Waals surface area contributed by atoms with E-state index in [2.05, 4.69) is 15.3 Å². The molecule has 9 nitrogen and oxygen atoms in total. The standard InChI is InChI=1S/C15H24N4O5/c1-15(2,3)14(22)24-9-23-13(21)11(19-12(20)4-5-16)6-10-7-17-8-18-10/h7-8,11H,4-6,9,16H2,1-3H3,(H,17,18)(H,19,20)/t11-/m0/s1. The maximum atomic E-state index is 12.1. The zero-order valence-electron chi connectivity index (χ0n) is 14.1. The molecule has 0 bridgehead atoms. The molecular weight excluding hydrogens is 316 g/mol. The Morgan fingerprint density at radius 2 is 2.04 bits per heavy atom. The van der Waals surface area contributed by atoms with Crippen LogP contribution in [0, 0.1) is 5.41 Å². The molecule has 0 saturated heterocycles. The fourth-order valence-corrected chi connectivity index (χ4v) is 1.67. The second-order valence-electron chi connectivity index (χ2n) is 6.20. The highest BCUT2D eigenvalue weighted by Gasteiger charge is 2.26. The first-order valence-corrected chi connectivity index (χ1v) is 7.54. The number of aromatic amines is 1. The third kappa shape index (κ3) is 6.78. The van der Waals surface area contributed by atoms with Crippen LogP contribution in [0.25, 0.3) is 0 Å². The van der Waals surface area contributed by atoms with Gasteiger partial charge in [-0.3, -0.25) is 9.59 Å². The Kier molecular flexibility index (Phi) is 7.37. The van der Waals surface area contributed by atoms with Gasteiger partial charge in [-0.25, -0.2) is 9.78 Å². The summed E-state index contributed by atoms with van der Waals surface area (Å²) in [5.74, 6) is -1.57. The molecular formula is C15H24N4O5. The molecule has 0 aliphatic carbocycles. The van der Waals surface area contributed by atoms with Gasteiger partial charge in [-0.05, 0) is 20.8 Å². The lowest BCUT2D eigenvalue weighted by Gasteiger charge is -2.19. The topological polar surface area (TPSA) is 136 Å². The van der Waals surface area contributed by atoms with Gasteiger partial charge in [0.25, 0.3) is 0 Å². The smallest absolute Gasteiger partial charge is 0.331 e. The van der Waals surface area contributed by atoms with Gasteiger partial charge < -0.3 is 25.5 Å². The first-order valence-electron chi connectivity index (χ1n) is 7.54. The van der Waals surface area contributed by atoms with Crippen molar-refractivity contribution in [2.75, 3.05) is 13.3 Å². The van der Waals surface area contributed by atoms with Gasteiger partial charge in [0.1, 0.15) is 6.04 Å². The molecule has 0 aliphatic heterocycles. The molecule has 0 fully saturated rings. The van der Waals surface area contributed by atoms with Crippen molar-refractivity contribution in [3.8, 4) is 0 Å². The minimum Gasteiger partial charge on any atom is -0.427 e. The Morgan fingerprint density at radius 3 is 2.58 bits per heavy atom. The first-order chi connectivity index (χ1) is 11.2. The number of nitrogens with one attached hydrogen (secondary N) is 2. The number of imidazole rings is 1. The summed E-state index contributed by atoms with van der Waals surface area (Å²) in [6.07, 6.45) is 3.26. The Bertz CT molecular complexity index is 551. The number of carbonyl (C=O) groups excluding carboxylic acids is 3. The van der Waals surface area contributed by atoms with Crippen LogP contribution in [-0.2, 0) is 30.3 Å². The maximum Gasteiger partial charge on any atom is 0.331 e. The van der Waals surface area contributed by atoms with Gasteiger partial charge in [0, 0.05) is 31.3 Å². The molecule has 0 aliphatic rings. The summed E-state index contributed by atoms with van der Waals surface area (Å²) in [6.45, 7) is 4.71. The lowest BCUT2D eigenvalue weighted by molar-refractivity contribution is -0.174. The van der Waals surface area contributed by atoms with Crippen molar-refractivity contribution >= 4 is 17.8 Å². The normalized spacial score (nSPS) is 12.3. The number of nitrogens with two attached hydrogens (primary N) is 1. The van der Waals surface area contributed by atoms with Crippen molar-refractivity contribution in [3.05, 3.63) is 18.2 Å². The number of hydrogen-bond acceptors (Lipinski definition) is 7. The quantitative estimate of drug-likeness (QED) is 0.443. The molecule has 4 N–H and O–H groups in total. The molecule has 1 rings (SSSR count). The highest BCUT2D eigenvalue weighted by molar-refractivity contribution is 5.84. The predicted molar refractivity (Wildman–Crippen MR) is 84.4 cm³/mol. The lowest BCUT2D eigenvalue weighted by Crippen LogP contribution is -2.44. The fraction of sp³-hybridized carbons (Fsp3) is 0.600. The van der Waals surface area contributed by atoms with Gasteiger partial charge in [-0.15, -0.1) is 0 Å². The van der Waals surface area contributed by atoms with Crippen LogP contribution in [0.15, 0.2) is 12.5 Å². The number of nitrogens with zero attached hydrogens (tertiary/aromatic N) is 1. The van der Waals surface area contributed by atoms with Crippen LogP contribution in [0.3, 0.4) is 0 Å². The van der Waals surface area contributed by atoms with Crippen LogP contribution in [0.2, 0.25) is 0 Å². The van der Waals surface area contributed by atoms with Crippen LogP contribution < -0.4 is 11.1 Å². The average Bonchev–Trinajstić information content (AvgIpc) is 2.98. The van der Waals surface area contributed by atoms with E-state index >= 15 is 0 Å². The molecule has 24 heavy (non-hydrogen) atoms. The van der Waals surface area contributed by atoms with Gasteiger partial charge in [-0.2, -0.15) is 0 Å². The van der Waals surface area contributed by atoms with Crippen molar-refractivity contribution in [2.45, 2.75) is 39.7 Å². The van der Waals surface area contributed by atoms with Crippen molar-refractivity contribution in [1.29, 1.82) is 0 Å². The minimum atomic E-state index is -0.933. The molecule has 0 radical (unpaired) electrons. The van der Waals surface area contributed by atoms with Crippen LogP contribution in [0.5, 0.6) is 0 Å². The maximum absolute atomic E-state index is 12.1. The largest absolute Gasteiger partial charge is 0.427 e. The van der Waals surface area contributed by atoms with Crippen molar-refractivity contribution < 1.29 is 23.9 Å². The number of hydrogen-bond donors (Lipinski definition) is 3. The SMILES string of the molecule is CC(C)(C)C(=O)OCOC(=O)[C@H](Cc1cnc[nH]1)NC(=O)CCN. The summed E-state index contributed by atoms with van der Waals surface area (Å²) in [7, 11) is 0. The monoisotopic (exact) mass is 340 g/mol. The number of amides is 1. The molecule has 0 saturated carbocycles. The zero-order valence-corrected chi connectivity index (χ0v) is 14.1. The molecule has 1 atom stereocenters. The molecule has 0 spiro atoms. The van der Waals surface area contributed by atoms with Crippen LogP contribution in [0.4, 0.5) is 0 Å². The summed E-state index contributed by atoms with van der Waals surface area (Å²) in [5, 5.41) is 2.54. The molecule has 0 unspecified atom stereocenters. The van der Waals surface area contributed by atoms with Crippen LogP contribution in [-0.4, -0.2) is 47.2 Å². The van der Waals surface area contributed by atoms with E-state index in [-0.39, 0.29) is 25.3 Å². The Labute approximate surface area is 140 Å². The first kappa shape index (κ1) is 19.6. The van der Waals surface area contributed by atoms with Gasteiger partial charge in [0.05, 0.1) is 11.7 Å². The van der Waals surface area contributed by atoms with E-state index in [0.717, 1.165) is 0 Å². The number of rotatable bonds is 8. The Morgan fingerprint density at radius 1 is 1.33 bits per heavy atom. The van der Waals surface area contributed by atoms with Gasteiger partial charge in [0.15, 0.2) is 0 Å². The van der Waals surface area contributed by atoms with Gasteiger partial charge >= 0.3 is 11.9 Å². The molecule has 0 aromatic carbocycles. The number of aromatic nitrogens is 2. The highest BCUT2D eigenvalue weighted by Crippen LogP contribution is 2.15. The summed E-state index contributed by atoms with van der Waals surface area (Å²) in [5.41, 5.74) is 5.27.